The lowest BCUT2D eigenvalue weighted by Gasteiger charge is -2.04. The van der Waals surface area contributed by atoms with E-state index in [1.807, 2.05) is 48.5 Å². The quantitative estimate of drug-likeness (QED) is 0.630. The highest BCUT2D eigenvalue weighted by molar-refractivity contribution is 7.98. The normalized spacial score (nSPS) is 11.8. The largest absolute Gasteiger partial charge is 0.484 e. The molecule has 0 radical (unpaired) electrons. The van der Waals surface area contributed by atoms with Gasteiger partial charge in [0.15, 0.2) is 11.4 Å². The molecule has 0 saturated carbocycles. The number of ether oxygens (including phenoxy) is 1. The molecular weight excluding hydrogens is 376 g/mol. The van der Waals surface area contributed by atoms with Gasteiger partial charge in [0.05, 0.1) is 10.2 Å². The summed E-state index contributed by atoms with van der Waals surface area (Å²) >= 11 is 9.30. The maximum atomic E-state index is 12.2. The van der Waals surface area contributed by atoms with Crippen molar-refractivity contribution in [1.82, 2.24) is 4.57 Å². The second-order valence-electron chi connectivity index (χ2n) is 5.25. The minimum atomic E-state index is -0.306. The molecule has 130 valence electrons. The van der Waals surface area contributed by atoms with E-state index < -0.39 is 0 Å². The SMILES string of the molecule is CSCCn1c(=NC(=O)COc2ccccc2)sc2cc(Cl)ccc21. The molecule has 7 heteroatoms. The van der Waals surface area contributed by atoms with Crippen LogP contribution in [-0.4, -0.2) is 29.1 Å². The molecule has 1 aromatic heterocycles. The minimum absolute atomic E-state index is 0.0818. The molecule has 0 fully saturated rings. The number of carbonyl (C=O) groups is 1. The predicted molar refractivity (Wildman–Crippen MR) is 106 cm³/mol. The number of amides is 1. The van der Waals surface area contributed by atoms with Crippen molar-refractivity contribution in [2.24, 2.45) is 4.99 Å². The lowest BCUT2D eigenvalue weighted by Crippen LogP contribution is -2.20. The topological polar surface area (TPSA) is 43.6 Å². The van der Waals surface area contributed by atoms with Gasteiger partial charge in [-0.05, 0) is 36.6 Å². The summed E-state index contributed by atoms with van der Waals surface area (Å²) in [7, 11) is 0. The van der Waals surface area contributed by atoms with E-state index >= 15 is 0 Å². The average Bonchev–Trinajstić information content (AvgIpc) is 2.95. The van der Waals surface area contributed by atoms with Crippen LogP contribution >= 0.6 is 34.7 Å². The van der Waals surface area contributed by atoms with Gasteiger partial charge in [-0.1, -0.05) is 41.1 Å². The van der Waals surface area contributed by atoms with Gasteiger partial charge in [-0.15, -0.1) is 0 Å². The number of nitrogens with zero attached hydrogens (tertiary/aromatic N) is 2. The zero-order chi connectivity index (χ0) is 17.6. The third-order valence-corrected chi connectivity index (χ3v) is 5.36. The van der Waals surface area contributed by atoms with Crippen LogP contribution in [0.15, 0.2) is 53.5 Å². The second kappa shape index (κ2) is 8.56. The van der Waals surface area contributed by atoms with Crippen LogP contribution in [0, 0.1) is 0 Å². The Balaban J connectivity index is 1.87. The lowest BCUT2D eigenvalue weighted by atomic mass is 10.3. The number of hydrogen-bond acceptors (Lipinski definition) is 4. The Morgan fingerprint density at radius 2 is 2.08 bits per heavy atom. The molecule has 0 N–H and O–H groups in total. The van der Waals surface area contributed by atoms with Crippen LogP contribution in [0.1, 0.15) is 0 Å². The molecule has 0 bridgehead atoms. The third kappa shape index (κ3) is 4.66. The molecule has 0 aliphatic carbocycles. The summed E-state index contributed by atoms with van der Waals surface area (Å²) < 4.78 is 8.56. The van der Waals surface area contributed by atoms with Crippen molar-refractivity contribution in [3.8, 4) is 5.75 Å². The number of thioether (sulfide) groups is 1. The number of hydrogen-bond donors (Lipinski definition) is 0. The molecule has 0 saturated heterocycles. The van der Waals surface area contributed by atoms with Crippen molar-refractivity contribution in [3.05, 3.63) is 58.4 Å². The summed E-state index contributed by atoms with van der Waals surface area (Å²) in [6, 6.07) is 15.0. The van der Waals surface area contributed by atoms with Crippen molar-refractivity contribution >= 4 is 50.8 Å². The number of fused-ring (bicyclic) bond motifs is 1. The number of carbonyl (C=O) groups excluding carboxylic acids is 1. The number of aryl methyl sites for hydroxylation is 1. The van der Waals surface area contributed by atoms with Crippen LogP contribution in [0.4, 0.5) is 0 Å². The van der Waals surface area contributed by atoms with Crippen molar-refractivity contribution in [2.75, 3.05) is 18.6 Å². The average molecular weight is 393 g/mol. The summed E-state index contributed by atoms with van der Waals surface area (Å²) in [6.45, 7) is 0.704. The summed E-state index contributed by atoms with van der Waals surface area (Å²) in [6.07, 6.45) is 2.06. The number of halogens is 1. The molecule has 2 aromatic carbocycles. The fourth-order valence-corrected chi connectivity index (χ4v) is 4.05. The number of thiazole rings is 1. The molecule has 1 heterocycles. The van der Waals surface area contributed by atoms with Crippen LogP contribution in [0.5, 0.6) is 5.75 Å². The Morgan fingerprint density at radius 3 is 2.84 bits per heavy atom. The van der Waals surface area contributed by atoms with Crippen molar-refractivity contribution in [3.63, 3.8) is 0 Å². The first-order valence-corrected chi connectivity index (χ1v) is 10.3. The molecular formula is C18H17ClN2O2S2. The Kier molecular flexibility index (Phi) is 6.18. The van der Waals surface area contributed by atoms with E-state index in [4.69, 9.17) is 16.3 Å². The van der Waals surface area contributed by atoms with Crippen molar-refractivity contribution in [2.45, 2.75) is 6.54 Å². The Bertz CT molecular complexity index is 935. The molecule has 25 heavy (non-hydrogen) atoms. The maximum absolute atomic E-state index is 12.2. The third-order valence-electron chi connectivity index (χ3n) is 3.49. The summed E-state index contributed by atoms with van der Waals surface area (Å²) in [4.78, 5) is 17.2. The first-order valence-electron chi connectivity index (χ1n) is 7.70. The Labute approximate surface area is 159 Å². The standard InChI is InChI=1S/C18H17ClN2O2S2/c1-24-10-9-21-15-8-7-13(19)11-16(15)25-18(21)20-17(22)12-23-14-5-3-2-4-6-14/h2-8,11H,9-10,12H2,1H3. The fourth-order valence-electron chi connectivity index (χ4n) is 2.33. The van der Waals surface area contributed by atoms with E-state index in [9.17, 15) is 4.79 Å². The molecule has 4 nitrogen and oxygen atoms in total. The highest BCUT2D eigenvalue weighted by Crippen LogP contribution is 2.22. The van der Waals surface area contributed by atoms with Crippen LogP contribution in [0.25, 0.3) is 10.2 Å². The van der Waals surface area contributed by atoms with Crippen LogP contribution in [-0.2, 0) is 11.3 Å². The van der Waals surface area contributed by atoms with Gasteiger partial charge in [0, 0.05) is 17.3 Å². The van der Waals surface area contributed by atoms with Gasteiger partial charge in [-0.3, -0.25) is 4.79 Å². The summed E-state index contributed by atoms with van der Waals surface area (Å²) in [5.74, 6) is 1.29. The van der Waals surface area contributed by atoms with Gasteiger partial charge < -0.3 is 9.30 Å². The molecule has 0 atom stereocenters. The molecule has 0 aliphatic rings. The number of rotatable bonds is 6. The second-order valence-corrected chi connectivity index (χ2v) is 7.68. The molecule has 0 unspecified atom stereocenters. The first-order chi connectivity index (χ1) is 12.2. The van der Waals surface area contributed by atoms with Crippen molar-refractivity contribution < 1.29 is 9.53 Å². The number of benzene rings is 2. The van der Waals surface area contributed by atoms with Gasteiger partial charge in [0.1, 0.15) is 5.75 Å². The number of aromatic nitrogens is 1. The van der Waals surface area contributed by atoms with E-state index in [1.54, 1.807) is 11.8 Å². The predicted octanol–water partition coefficient (Wildman–Crippen LogP) is 4.23. The van der Waals surface area contributed by atoms with Gasteiger partial charge in [-0.25, -0.2) is 0 Å². The van der Waals surface area contributed by atoms with Gasteiger partial charge >= 0.3 is 0 Å². The van der Waals surface area contributed by atoms with Gasteiger partial charge in [-0.2, -0.15) is 16.8 Å². The Morgan fingerprint density at radius 1 is 1.28 bits per heavy atom. The Hall–Kier alpha value is -1.76. The summed E-state index contributed by atoms with van der Waals surface area (Å²) in [5, 5.41) is 0.677. The van der Waals surface area contributed by atoms with E-state index in [0.717, 1.165) is 22.5 Å². The molecule has 1 amide bonds. The maximum Gasteiger partial charge on any atom is 0.286 e. The van der Waals surface area contributed by atoms with Crippen molar-refractivity contribution in [1.29, 1.82) is 0 Å². The van der Waals surface area contributed by atoms with Crippen LogP contribution in [0.2, 0.25) is 5.02 Å². The smallest absolute Gasteiger partial charge is 0.286 e. The molecule has 0 spiro atoms. The van der Waals surface area contributed by atoms with Crippen LogP contribution in [0.3, 0.4) is 0 Å². The fraction of sp³-hybridized carbons (Fsp3) is 0.222. The van der Waals surface area contributed by atoms with E-state index in [-0.39, 0.29) is 12.5 Å². The zero-order valence-corrected chi connectivity index (χ0v) is 16.0. The van der Waals surface area contributed by atoms with Crippen LogP contribution < -0.4 is 9.54 Å². The number of para-hydroxylation sites is 1. The highest BCUT2D eigenvalue weighted by atomic mass is 35.5. The lowest BCUT2D eigenvalue weighted by molar-refractivity contribution is -0.120. The van der Waals surface area contributed by atoms with Gasteiger partial charge in [0.25, 0.3) is 5.91 Å². The van der Waals surface area contributed by atoms with E-state index in [1.165, 1.54) is 11.3 Å². The highest BCUT2D eigenvalue weighted by Gasteiger charge is 2.09. The monoisotopic (exact) mass is 392 g/mol. The van der Waals surface area contributed by atoms with E-state index in [2.05, 4.69) is 15.8 Å². The molecule has 3 rings (SSSR count). The molecule has 3 aromatic rings. The zero-order valence-electron chi connectivity index (χ0n) is 13.6. The molecule has 0 aliphatic heterocycles. The minimum Gasteiger partial charge on any atom is -0.484 e. The summed E-state index contributed by atoms with van der Waals surface area (Å²) in [5.41, 5.74) is 1.04. The van der Waals surface area contributed by atoms with E-state index in [0.29, 0.717) is 15.6 Å². The van der Waals surface area contributed by atoms with Gasteiger partial charge in [0.2, 0.25) is 0 Å². The first kappa shape index (κ1) is 18.0.